The van der Waals surface area contributed by atoms with Crippen LogP contribution in [0.2, 0.25) is 0 Å². The van der Waals surface area contributed by atoms with E-state index in [-0.39, 0.29) is 6.10 Å². The van der Waals surface area contributed by atoms with Gasteiger partial charge < -0.3 is 10.5 Å². The number of aromatic nitrogens is 2. The first-order valence-corrected chi connectivity index (χ1v) is 5.89. The van der Waals surface area contributed by atoms with Crippen LogP contribution in [0.4, 0.5) is 5.82 Å². The summed E-state index contributed by atoms with van der Waals surface area (Å²) in [7, 11) is 0. The summed E-state index contributed by atoms with van der Waals surface area (Å²) in [6.45, 7) is 4.13. The van der Waals surface area contributed by atoms with Gasteiger partial charge in [0.1, 0.15) is 0 Å². The Morgan fingerprint density at radius 1 is 1.24 bits per heavy atom. The summed E-state index contributed by atoms with van der Waals surface area (Å²) in [5.41, 5.74) is 7.43. The number of hydrogen-bond acceptors (Lipinski definition) is 4. The third-order valence-corrected chi connectivity index (χ3v) is 2.57. The second-order valence-electron chi connectivity index (χ2n) is 4.12. The van der Waals surface area contributed by atoms with Gasteiger partial charge in [-0.3, -0.25) is 0 Å². The van der Waals surface area contributed by atoms with E-state index in [0.29, 0.717) is 11.7 Å². The van der Waals surface area contributed by atoms with Crippen LogP contribution in [0.25, 0.3) is 11.0 Å². The molecule has 1 unspecified atom stereocenters. The molecule has 2 N–H and O–H groups in total. The van der Waals surface area contributed by atoms with Gasteiger partial charge in [0.2, 0.25) is 0 Å². The lowest BCUT2D eigenvalue weighted by Crippen LogP contribution is -2.14. The molecule has 0 radical (unpaired) electrons. The number of ether oxygens (including phenoxy) is 1. The van der Waals surface area contributed by atoms with E-state index >= 15 is 0 Å². The fourth-order valence-corrected chi connectivity index (χ4v) is 1.74. The number of para-hydroxylation sites is 2. The van der Waals surface area contributed by atoms with Crippen molar-refractivity contribution in [3.05, 3.63) is 24.3 Å². The Morgan fingerprint density at radius 3 is 2.53 bits per heavy atom. The highest BCUT2D eigenvalue weighted by Crippen LogP contribution is 2.22. The van der Waals surface area contributed by atoms with Crippen LogP contribution in [0.5, 0.6) is 5.88 Å². The van der Waals surface area contributed by atoms with Gasteiger partial charge in [-0.1, -0.05) is 25.5 Å². The van der Waals surface area contributed by atoms with Gasteiger partial charge in [-0.05, 0) is 25.5 Å². The van der Waals surface area contributed by atoms with E-state index in [2.05, 4.69) is 16.9 Å². The fraction of sp³-hybridized carbons (Fsp3) is 0.385. The number of nitrogens with zero attached hydrogens (tertiary/aromatic N) is 2. The molecule has 0 saturated heterocycles. The first-order valence-electron chi connectivity index (χ1n) is 5.89. The van der Waals surface area contributed by atoms with Gasteiger partial charge in [-0.2, -0.15) is 0 Å². The van der Waals surface area contributed by atoms with Crippen molar-refractivity contribution in [3.8, 4) is 5.88 Å². The normalized spacial score (nSPS) is 12.6. The quantitative estimate of drug-likeness (QED) is 0.878. The van der Waals surface area contributed by atoms with Gasteiger partial charge in [0, 0.05) is 0 Å². The van der Waals surface area contributed by atoms with E-state index < -0.39 is 0 Å². The highest BCUT2D eigenvalue weighted by molar-refractivity contribution is 5.76. The van der Waals surface area contributed by atoms with Gasteiger partial charge in [0.25, 0.3) is 5.88 Å². The van der Waals surface area contributed by atoms with Crippen molar-refractivity contribution in [1.82, 2.24) is 9.97 Å². The van der Waals surface area contributed by atoms with Crippen molar-refractivity contribution in [1.29, 1.82) is 0 Å². The van der Waals surface area contributed by atoms with E-state index in [1.54, 1.807) is 0 Å². The number of rotatable bonds is 4. The van der Waals surface area contributed by atoms with Gasteiger partial charge in [0.05, 0.1) is 17.1 Å². The van der Waals surface area contributed by atoms with Crippen molar-refractivity contribution in [2.45, 2.75) is 32.8 Å². The lowest BCUT2D eigenvalue weighted by Gasteiger charge is -2.14. The molecule has 4 nitrogen and oxygen atoms in total. The van der Waals surface area contributed by atoms with Crippen molar-refractivity contribution < 1.29 is 4.74 Å². The minimum atomic E-state index is 0.109. The zero-order valence-corrected chi connectivity index (χ0v) is 10.2. The first-order chi connectivity index (χ1) is 8.20. The van der Waals surface area contributed by atoms with Crippen LogP contribution < -0.4 is 10.5 Å². The third-order valence-electron chi connectivity index (χ3n) is 2.57. The lowest BCUT2D eigenvalue weighted by atomic mass is 10.2. The topological polar surface area (TPSA) is 61.0 Å². The van der Waals surface area contributed by atoms with Crippen LogP contribution in [-0.2, 0) is 0 Å². The standard InChI is InChI=1S/C13H17N3O/c1-3-6-9(2)17-13-12(14)15-10-7-4-5-8-11(10)16-13/h4-5,7-9H,3,6H2,1-2H3,(H2,14,15). The Labute approximate surface area is 101 Å². The predicted molar refractivity (Wildman–Crippen MR) is 68.9 cm³/mol. The first kappa shape index (κ1) is 11.6. The predicted octanol–water partition coefficient (Wildman–Crippen LogP) is 2.78. The molecule has 0 aliphatic heterocycles. The molecule has 0 amide bonds. The Morgan fingerprint density at radius 2 is 1.88 bits per heavy atom. The lowest BCUT2D eigenvalue weighted by molar-refractivity contribution is 0.203. The van der Waals surface area contributed by atoms with Crippen LogP contribution in [-0.4, -0.2) is 16.1 Å². The smallest absolute Gasteiger partial charge is 0.258 e. The molecule has 0 aliphatic rings. The summed E-state index contributed by atoms with van der Waals surface area (Å²) in [4.78, 5) is 8.67. The maximum Gasteiger partial charge on any atom is 0.258 e. The van der Waals surface area contributed by atoms with E-state index in [0.717, 1.165) is 23.9 Å². The summed E-state index contributed by atoms with van der Waals surface area (Å²) in [5, 5.41) is 0. The molecule has 0 spiro atoms. The molecule has 0 aliphatic carbocycles. The maximum atomic E-state index is 5.83. The van der Waals surface area contributed by atoms with Gasteiger partial charge >= 0.3 is 0 Å². The molecule has 1 aromatic carbocycles. The Balaban J connectivity index is 2.31. The van der Waals surface area contributed by atoms with Gasteiger partial charge in [-0.15, -0.1) is 0 Å². The summed E-state index contributed by atoms with van der Waals surface area (Å²) in [5.74, 6) is 0.788. The summed E-state index contributed by atoms with van der Waals surface area (Å²) in [6, 6.07) is 7.63. The van der Waals surface area contributed by atoms with Crippen molar-refractivity contribution in [2.75, 3.05) is 5.73 Å². The molecule has 2 rings (SSSR count). The molecule has 1 heterocycles. The monoisotopic (exact) mass is 231 g/mol. The average Bonchev–Trinajstić information content (AvgIpc) is 2.30. The van der Waals surface area contributed by atoms with Crippen LogP contribution in [0.15, 0.2) is 24.3 Å². The van der Waals surface area contributed by atoms with Crippen LogP contribution in [0, 0.1) is 0 Å². The molecule has 0 saturated carbocycles. The molecule has 90 valence electrons. The van der Waals surface area contributed by atoms with Crippen molar-refractivity contribution in [3.63, 3.8) is 0 Å². The molecule has 0 bridgehead atoms. The second kappa shape index (κ2) is 4.99. The number of fused-ring (bicyclic) bond motifs is 1. The molecule has 1 atom stereocenters. The molecule has 1 aromatic heterocycles. The second-order valence-corrected chi connectivity index (χ2v) is 4.12. The van der Waals surface area contributed by atoms with E-state index in [1.807, 2.05) is 31.2 Å². The minimum Gasteiger partial charge on any atom is -0.472 e. The summed E-state index contributed by atoms with van der Waals surface area (Å²) >= 11 is 0. The Bertz CT molecular complexity index is 513. The summed E-state index contributed by atoms with van der Waals surface area (Å²) in [6.07, 6.45) is 2.16. The zero-order chi connectivity index (χ0) is 12.3. The zero-order valence-electron chi connectivity index (χ0n) is 10.2. The molecule has 0 fully saturated rings. The number of hydrogen-bond donors (Lipinski definition) is 1. The molecule has 17 heavy (non-hydrogen) atoms. The van der Waals surface area contributed by atoms with Crippen LogP contribution in [0.1, 0.15) is 26.7 Å². The molecule has 2 aromatic rings. The SMILES string of the molecule is CCCC(C)Oc1nc2ccccc2nc1N. The highest BCUT2D eigenvalue weighted by Gasteiger charge is 2.10. The van der Waals surface area contributed by atoms with Gasteiger partial charge in [0.15, 0.2) is 5.82 Å². The highest BCUT2D eigenvalue weighted by atomic mass is 16.5. The minimum absolute atomic E-state index is 0.109. The third kappa shape index (κ3) is 2.64. The van der Waals surface area contributed by atoms with E-state index in [4.69, 9.17) is 10.5 Å². The number of anilines is 1. The Kier molecular flexibility index (Phi) is 3.42. The molecular weight excluding hydrogens is 214 g/mol. The molecule has 4 heteroatoms. The van der Waals surface area contributed by atoms with E-state index in [1.165, 1.54) is 0 Å². The van der Waals surface area contributed by atoms with Gasteiger partial charge in [-0.25, -0.2) is 9.97 Å². The largest absolute Gasteiger partial charge is 0.472 e. The van der Waals surface area contributed by atoms with Crippen LogP contribution >= 0.6 is 0 Å². The fourth-order valence-electron chi connectivity index (χ4n) is 1.74. The Hall–Kier alpha value is -1.84. The van der Waals surface area contributed by atoms with Crippen molar-refractivity contribution >= 4 is 16.9 Å². The summed E-state index contributed by atoms with van der Waals surface area (Å²) < 4.78 is 5.70. The van der Waals surface area contributed by atoms with Crippen molar-refractivity contribution in [2.24, 2.45) is 0 Å². The number of benzene rings is 1. The number of nitrogen functional groups attached to an aromatic ring is 1. The van der Waals surface area contributed by atoms with Crippen LogP contribution in [0.3, 0.4) is 0 Å². The molecular formula is C13H17N3O. The average molecular weight is 231 g/mol. The number of nitrogens with two attached hydrogens (primary N) is 1. The maximum absolute atomic E-state index is 5.83. The van der Waals surface area contributed by atoms with E-state index in [9.17, 15) is 0 Å².